The molecule has 94 valence electrons. The largest absolute Gasteiger partial charge is 0.392 e. The summed E-state index contributed by atoms with van der Waals surface area (Å²) in [5, 5.41) is 15.5. The third-order valence-electron chi connectivity index (χ3n) is 2.87. The maximum Gasteiger partial charge on any atom is 0.221 e. The average molecular weight is 230 g/mol. The van der Waals surface area contributed by atoms with E-state index in [0.29, 0.717) is 26.1 Å². The molecule has 1 saturated carbocycles. The monoisotopic (exact) mass is 230 g/mol. The van der Waals surface area contributed by atoms with Crippen LogP contribution in [0, 0.1) is 0 Å². The van der Waals surface area contributed by atoms with Gasteiger partial charge in [0.25, 0.3) is 0 Å². The third kappa shape index (κ3) is 4.92. The first-order valence-corrected chi connectivity index (χ1v) is 5.91. The molecular weight excluding hydrogens is 208 g/mol. The van der Waals surface area contributed by atoms with Crippen LogP contribution < -0.4 is 10.6 Å². The summed E-state index contributed by atoms with van der Waals surface area (Å²) in [5.41, 5.74) is 0. The lowest BCUT2D eigenvalue weighted by Gasteiger charge is -2.15. The number of carbonyl (C=O) groups excluding carboxylic acids is 1. The number of hydrogen-bond donors (Lipinski definition) is 3. The van der Waals surface area contributed by atoms with E-state index in [4.69, 9.17) is 4.74 Å². The number of carbonyl (C=O) groups is 1. The summed E-state index contributed by atoms with van der Waals surface area (Å²) in [6.45, 7) is 1.72. The number of rotatable bonds is 7. The zero-order valence-corrected chi connectivity index (χ0v) is 9.87. The van der Waals surface area contributed by atoms with Crippen molar-refractivity contribution in [3.05, 3.63) is 0 Å². The molecule has 1 aliphatic rings. The second-order valence-corrected chi connectivity index (χ2v) is 4.15. The summed E-state index contributed by atoms with van der Waals surface area (Å²) in [7, 11) is 1.61. The summed E-state index contributed by atoms with van der Waals surface area (Å²) in [4.78, 5) is 11.3. The highest BCUT2D eigenvalue weighted by Crippen LogP contribution is 2.18. The average Bonchev–Trinajstić information content (AvgIpc) is 2.65. The molecule has 16 heavy (non-hydrogen) atoms. The van der Waals surface area contributed by atoms with Crippen molar-refractivity contribution in [1.29, 1.82) is 0 Å². The number of aliphatic hydroxyl groups is 1. The van der Waals surface area contributed by atoms with Gasteiger partial charge in [-0.05, 0) is 19.3 Å². The van der Waals surface area contributed by atoms with E-state index in [1.165, 1.54) is 0 Å². The number of amides is 1. The summed E-state index contributed by atoms with van der Waals surface area (Å²) < 4.78 is 4.83. The Kier molecular flexibility index (Phi) is 6.37. The van der Waals surface area contributed by atoms with Gasteiger partial charge < -0.3 is 20.5 Å². The number of nitrogens with one attached hydrogen (secondary N) is 2. The van der Waals surface area contributed by atoms with Crippen LogP contribution in [0.5, 0.6) is 0 Å². The fourth-order valence-corrected chi connectivity index (χ4v) is 1.93. The van der Waals surface area contributed by atoms with Crippen LogP contribution in [0.2, 0.25) is 0 Å². The Labute approximate surface area is 96.6 Å². The minimum atomic E-state index is -0.239. The SMILES string of the molecule is COCCNC(=O)CCN[C@H]1CCC[C@@H]1O. The lowest BCUT2D eigenvalue weighted by atomic mass is 10.2. The Balaban J connectivity index is 1.99. The van der Waals surface area contributed by atoms with Crippen LogP contribution >= 0.6 is 0 Å². The minimum Gasteiger partial charge on any atom is -0.392 e. The van der Waals surface area contributed by atoms with E-state index in [1.54, 1.807) is 7.11 Å². The lowest BCUT2D eigenvalue weighted by Crippen LogP contribution is -2.38. The fraction of sp³-hybridized carbons (Fsp3) is 0.909. The predicted octanol–water partition coefficient (Wildman–Crippen LogP) is -0.358. The topological polar surface area (TPSA) is 70.6 Å². The van der Waals surface area contributed by atoms with Crippen molar-refractivity contribution in [2.45, 2.75) is 37.8 Å². The fourth-order valence-electron chi connectivity index (χ4n) is 1.93. The second-order valence-electron chi connectivity index (χ2n) is 4.15. The van der Waals surface area contributed by atoms with Crippen molar-refractivity contribution in [2.75, 3.05) is 26.8 Å². The highest BCUT2D eigenvalue weighted by molar-refractivity contribution is 5.76. The van der Waals surface area contributed by atoms with Crippen LogP contribution in [-0.4, -0.2) is 50.0 Å². The predicted molar refractivity (Wildman–Crippen MR) is 61.2 cm³/mol. The van der Waals surface area contributed by atoms with Crippen LogP contribution in [0.15, 0.2) is 0 Å². The van der Waals surface area contributed by atoms with Crippen LogP contribution in [0.1, 0.15) is 25.7 Å². The number of ether oxygens (including phenoxy) is 1. The van der Waals surface area contributed by atoms with E-state index < -0.39 is 0 Å². The maximum absolute atomic E-state index is 11.3. The maximum atomic E-state index is 11.3. The molecule has 5 nitrogen and oxygen atoms in total. The smallest absolute Gasteiger partial charge is 0.221 e. The van der Waals surface area contributed by atoms with Gasteiger partial charge in [0.1, 0.15) is 0 Å². The van der Waals surface area contributed by atoms with Gasteiger partial charge in [0.15, 0.2) is 0 Å². The summed E-state index contributed by atoms with van der Waals surface area (Å²) in [5.74, 6) is 0.0250. The van der Waals surface area contributed by atoms with Gasteiger partial charge in [-0.25, -0.2) is 0 Å². The van der Waals surface area contributed by atoms with E-state index in [-0.39, 0.29) is 18.1 Å². The zero-order chi connectivity index (χ0) is 11.8. The third-order valence-corrected chi connectivity index (χ3v) is 2.87. The van der Waals surface area contributed by atoms with Crippen molar-refractivity contribution in [2.24, 2.45) is 0 Å². The molecule has 0 aromatic rings. The van der Waals surface area contributed by atoms with Crippen molar-refractivity contribution < 1.29 is 14.6 Å². The van der Waals surface area contributed by atoms with Crippen molar-refractivity contribution in [3.63, 3.8) is 0 Å². The van der Waals surface area contributed by atoms with Crippen LogP contribution in [0.25, 0.3) is 0 Å². The Morgan fingerprint density at radius 2 is 2.25 bits per heavy atom. The molecule has 0 bridgehead atoms. The molecule has 0 radical (unpaired) electrons. The second kappa shape index (κ2) is 7.60. The zero-order valence-electron chi connectivity index (χ0n) is 9.87. The molecule has 5 heteroatoms. The van der Waals surface area contributed by atoms with Crippen LogP contribution in [0.4, 0.5) is 0 Å². The van der Waals surface area contributed by atoms with E-state index in [2.05, 4.69) is 10.6 Å². The number of methoxy groups -OCH3 is 1. The molecule has 0 aromatic carbocycles. The molecule has 1 rings (SSSR count). The number of aliphatic hydroxyl groups excluding tert-OH is 1. The molecule has 2 atom stereocenters. The number of hydrogen-bond acceptors (Lipinski definition) is 4. The van der Waals surface area contributed by atoms with Gasteiger partial charge in [0, 0.05) is 32.7 Å². The van der Waals surface area contributed by atoms with Crippen molar-refractivity contribution in [1.82, 2.24) is 10.6 Å². The highest BCUT2D eigenvalue weighted by atomic mass is 16.5. The minimum absolute atomic E-state index is 0.0250. The van der Waals surface area contributed by atoms with Crippen molar-refractivity contribution in [3.8, 4) is 0 Å². The molecule has 1 aliphatic carbocycles. The summed E-state index contributed by atoms with van der Waals surface area (Å²) in [6.07, 6.45) is 3.16. The normalized spacial score (nSPS) is 24.6. The van der Waals surface area contributed by atoms with Gasteiger partial charge in [0.2, 0.25) is 5.91 Å². The Morgan fingerprint density at radius 1 is 1.44 bits per heavy atom. The van der Waals surface area contributed by atoms with Crippen LogP contribution in [0.3, 0.4) is 0 Å². The van der Waals surface area contributed by atoms with Gasteiger partial charge in [0.05, 0.1) is 12.7 Å². The molecular formula is C11H22N2O3. The van der Waals surface area contributed by atoms with Crippen molar-refractivity contribution >= 4 is 5.91 Å². The molecule has 1 amide bonds. The lowest BCUT2D eigenvalue weighted by molar-refractivity contribution is -0.121. The highest BCUT2D eigenvalue weighted by Gasteiger charge is 2.24. The van der Waals surface area contributed by atoms with Crippen LogP contribution in [-0.2, 0) is 9.53 Å². The van der Waals surface area contributed by atoms with E-state index >= 15 is 0 Å². The van der Waals surface area contributed by atoms with E-state index in [9.17, 15) is 9.90 Å². The molecule has 3 N–H and O–H groups in total. The molecule has 0 aromatic heterocycles. The Hall–Kier alpha value is -0.650. The molecule has 0 aliphatic heterocycles. The summed E-state index contributed by atoms with van der Waals surface area (Å²) >= 11 is 0. The van der Waals surface area contributed by atoms with Gasteiger partial charge in [-0.2, -0.15) is 0 Å². The molecule has 0 spiro atoms. The van der Waals surface area contributed by atoms with E-state index in [0.717, 1.165) is 19.3 Å². The van der Waals surface area contributed by atoms with Gasteiger partial charge in [-0.1, -0.05) is 0 Å². The van der Waals surface area contributed by atoms with Gasteiger partial charge in [-0.15, -0.1) is 0 Å². The first-order valence-electron chi connectivity index (χ1n) is 5.91. The van der Waals surface area contributed by atoms with E-state index in [1.807, 2.05) is 0 Å². The quantitative estimate of drug-likeness (QED) is 0.522. The molecule has 0 heterocycles. The molecule has 1 fully saturated rings. The standard InChI is InChI=1S/C11H22N2O3/c1-16-8-7-13-11(15)5-6-12-9-3-2-4-10(9)14/h9-10,12,14H,2-8H2,1H3,(H,13,15)/t9-,10-/m0/s1. The first kappa shape index (κ1) is 13.4. The molecule has 0 unspecified atom stereocenters. The summed E-state index contributed by atoms with van der Waals surface area (Å²) in [6, 6.07) is 0.173. The Morgan fingerprint density at radius 3 is 2.88 bits per heavy atom. The Bertz CT molecular complexity index is 211. The molecule has 0 saturated heterocycles. The van der Waals surface area contributed by atoms with Gasteiger partial charge >= 0.3 is 0 Å². The van der Waals surface area contributed by atoms with Gasteiger partial charge in [-0.3, -0.25) is 4.79 Å². The first-order chi connectivity index (χ1) is 7.74.